The van der Waals surface area contributed by atoms with Crippen molar-refractivity contribution in [2.45, 2.75) is 10.9 Å². The van der Waals surface area contributed by atoms with Crippen LogP contribution in [0.25, 0.3) is 27.9 Å². The predicted molar refractivity (Wildman–Crippen MR) is 114 cm³/mol. The van der Waals surface area contributed by atoms with Crippen molar-refractivity contribution in [1.82, 2.24) is 24.6 Å². The van der Waals surface area contributed by atoms with Crippen LogP contribution in [0.1, 0.15) is 5.56 Å². The third kappa shape index (κ3) is 3.30. The molecule has 0 N–H and O–H groups in total. The van der Waals surface area contributed by atoms with Gasteiger partial charge in [-0.2, -0.15) is 0 Å². The number of fused-ring (bicyclic) bond motifs is 3. The average molecular weight is 399 g/mol. The minimum absolute atomic E-state index is 0.776. The van der Waals surface area contributed by atoms with E-state index in [-0.39, 0.29) is 0 Å². The molecule has 3 heterocycles. The SMILES string of the molecule is COc1ccc(-c2nc3ccccc3c3nnc(SCc4ccncc4)n23)cc1. The maximum absolute atomic E-state index is 5.30. The van der Waals surface area contributed by atoms with Gasteiger partial charge in [0, 0.05) is 29.1 Å². The second-order valence-corrected chi connectivity index (χ2v) is 7.41. The highest BCUT2D eigenvalue weighted by molar-refractivity contribution is 7.98. The summed E-state index contributed by atoms with van der Waals surface area (Å²) in [5.41, 5.74) is 3.86. The Morgan fingerprint density at radius 2 is 1.72 bits per heavy atom. The first-order valence-corrected chi connectivity index (χ1v) is 10.1. The van der Waals surface area contributed by atoms with Crippen LogP contribution in [0.3, 0.4) is 0 Å². The summed E-state index contributed by atoms with van der Waals surface area (Å²) in [6.07, 6.45) is 3.60. The van der Waals surface area contributed by atoms with Gasteiger partial charge in [-0.15, -0.1) is 10.2 Å². The Labute approximate surface area is 171 Å². The number of aromatic nitrogens is 5. The van der Waals surface area contributed by atoms with Crippen LogP contribution in [0, 0.1) is 0 Å². The van der Waals surface area contributed by atoms with Crippen LogP contribution >= 0.6 is 11.8 Å². The van der Waals surface area contributed by atoms with Crippen LogP contribution in [0.5, 0.6) is 5.75 Å². The number of nitrogens with zero attached hydrogens (tertiary/aromatic N) is 5. The fourth-order valence-corrected chi connectivity index (χ4v) is 4.10. The highest BCUT2D eigenvalue weighted by Gasteiger charge is 2.16. The largest absolute Gasteiger partial charge is 0.497 e. The molecule has 0 aliphatic heterocycles. The molecule has 0 radical (unpaired) electrons. The fraction of sp³-hybridized carbons (Fsp3) is 0.0909. The molecule has 0 saturated heterocycles. The Morgan fingerprint density at radius 1 is 0.931 bits per heavy atom. The molecule has 0 aliphatic rings. The molecule has 0 unspecified atom stereocenters. The maximum atomic E-state index is 5.30. The van der Waals surface area contributed by atoms with Crippen LogP contribution in [-0.2, 0) is 5.75 Å². The summed E-state index contributed by atoms with van der Waals surface area (Å²) in [6.45, 7) is 0. The van der Waals surface area contributed by atoms with Crippen LogP contribution in [-0.4, -0.2) is 31.7 Å². The van der Waals surface area contributed by atoms with Crippen LogP contribution in [0.2, 0.25) is 0 Å². The lowest BCUT2D eigenvalue weighted by molar-refractivity contribution is 0.415. The van der Waals surface area contributed by atoms with Gasteiger partial charge in [0.25, 0.3) is 0 Å². The van der Waals surface area contributed by atoms with E-state index in [1.807, 2.05) is 65.1 Å². The average Bonchev–Trinajstić information content (AvgIpc) is 3.22. The number of para-hydroxylation sites is 1. The number of rotatable bonds is 5. The van der Waals surface area contributed by atoms with Gasteiger partial charge in [0.05, 0.1) is 12.6 Å². The molecule has 5 rings (SSSR count). The van der Waals surface area contributed by atoms with E-state index in [1.54, 1.807) is 31.3 Å². The van der Waals surface area contributed by atoms with E-state index in [1.165, 1.54) is 5.56 Å². The molecule has 29 heavy (non-hydrogen) atoms. The molecule has 7 heteroatoms. The summed E-state index contributed by atoms with van der Waals surface area (Å²) >= 11 is 1.63. The summed E-state index contributed by atoms with van der Waals surface area (Å²) in [7, 11) is 1.66. The van der Waals surface area contributed by atoms with Gasteiger partial charge in [0.2, 0.25) is 0 Å². The normalized spacial score (nSPS) is 11.2. The van der Waals surface area contributed by atoms with E-state index in [0.717, 1.165) is 44.6 Å². The summed E-state index contributed by atoms with van der Waals surface area (Å²) < 4.78 is 7.34. The fourth-order valence-electron chi connectivity index (χ4n) is 3.21. The third-order valence-corrected chi connectivity index (χ3v) is 5.68. The zero-order valence-corrected chi connectivity index (χ0v) is 16.5. The second kappa shape index (κ2) is 7.52. The van der Waals surface area contributed by atoms with Gasteiger partial charge in [-0.05, 0) is 54.1 Å². The standard InChI is InChI=1S/C22H17N5OS/c1-28-17-8-6-16(7-9-17)20-24-19-5-3-2-4-18(19)21-25-26-22(27(20)21)29-14-15-10-12-23-13-11-15/h2-13H,14H2,1H3. The van der Waals surface area contributed by atoms with Gasteiger partial charge in [-0.1, -0.05) is 23.9 Å². The Morgan fingerprint density at radius 3 is 2.52 bits per heavy atom. The molecule has 0 aliphatic carbocycles. The summed E-state index contributed by atoms with van der Waals surface area (Å²) in [6, 6.07) is 19.9. The quantitative estimate of drug-likeness (QED) is 0.401. The summed E-state index contributed by atoms with van der Waals surface area (Å²) in [5, 5.41) is 10.8. The molecule has 0 atom stereocenters. The van der Waals surface area contributed by atoms with Crippen molar-refractivity contribution < 1.29 is 4.74 Å². The Bertz CT molecular complexity index is 1290. The molecule has 0 amide bonds. The molecule has 0 bridgehead atoms. The first-order valence-electron chi connectivity index (χ1n) is 9.13. The van der Waals surface area contributed by atoms with Crippen molar-refractivity contribution in [2.75, 3.05) is 7.11 Å². The van der Waals surface area contributed by atoms with E-state index >= 15 is 0 Å². The smallest absolute Gasteiger partial charge is 0.197 e. The van der Waals surface area contributed by atoms with Gasteiger partial charge >= 0.3 is 0 Å². The highest BCUT2D eigenvalue weighted by Crippen LogP contribution is 2.30. The number of pyridine rings is 1. The first kappa shape index (κ1) is 17.6. The van der Waals surface area contributed by atoms with E-state index in [4.69, 9.17) is 9.72 Å². The van der Waals surface area contributed by atoms with Crippen molar-refractivity contribution in [1.29, 1.82) is 0 Å². The maximum Gasteiger partial charge on any atom is 0.197 e. The molecule has 2 aromatic carbocycles. The molecule has 3 aromatic heterocycles. The molecule has 0 spiro atoms. The number of methoxy groups -OCH3 is 1. The van der Waals surface area contributed by atoms with Crippen molar-refractivity contribution in [3.05, 3.63) is 78.6 Å². The highest BCUT2D eigenvalue weighted by atomic mass is 32.2. The first-order chi connectivity index (χ1) is 14.3. The number of hydrogen-bond donors (Lipinski definition) is 0. The lowest BCUT2D eigenvalue weighted by atomic mass is 10.1. The Kier molecular flexibility index (Phi) is 4.57. The molecule has 0 saturated carbocycles. The molecule has 6 nitrogen and oxygen atoms in total. The van der Waals surface area contributed by atoms with Crippen molar-refractivity contribution >= 4 is 28.3 Å². The molecule has 142 valence electrons. The zero-order chi connectivity index (χ0) is 19.6. The number of benzene rings is 2. The molecule has 0 fully saturated rings. The predicted octanol–water partition coefficient (Wildman–Crippen LogP) is 4.64. The molecule has 5 aromatic rings. The van der Waals surface area contributed by atoms with Crippen LogP contribution in [0.15, 0.2) is 78.2 Å². The van der Waals surface area contributed by atoms with Gasteiger partial charge in [0.1, 0.15) is 11.6 Å². The van der Waals surface area contributed by atoms with E-state index in [0.29, 0.717) is 0 Å². The lowest BCUT2D eigenvalue weighted by Gasteiger charge is -2.10. The second-order valence-electron chi connectivity index (χ2n) is 6.47. The van der Waals surface area contributed by atoms with Crippen molar-refractivity contribution in [2.24, 2.45) is 0 Å². The molecular formula is C22H17N5OS. The lowest BCUT2D eigenvalue weighted by Crippen LogP contribution is -1.99. The Hall–Kier alpha value is -3.45. The number of ether oxygens (including phenoxy) is 1. The van der Waals surface area contributed by atoms with Gasteiger partial charge in [0.15, 0.2) is 10.8 Å². The topological polar surface area (TPSA) is 65.2 Å². The monoisotopic (exact) mass is 399 g/mol. The minimum Gasteiger partial charge on any atom is -0.497 e. The van der Waals surface area contributed by atoms with Crippen molar-refractivity contribution in [3.63, 3.8) is 0 Å². The summed E-state index contributed by atoms with van der Waals surface area (Å²) in [4.78, 5) is 9.02. The third-order valence-electron chi connectivity index (χ3n) is 4.68. The number of hydrogen-bond acceptors (Lipinski definition) is 6. The van der Waals surface area contributed by atoms with Crippen LogP contribution in [0.4, 0.5) is 0 Å². The van der Waals surface area contributed by atoms with E-state index in [9.17, 15) is 0 Å². The van der Waals surface area contributed by atoms with E-state index < -0.39 is 0 Å². The van der Waals surface area contributed by atoms with Crippen molar-refractivity contribution in [3.8, 4) is 17.1 Å². The van der Waals surface area contributed by atoms with E-state index in [2.05, 4.69) is 15.2 Å². The minimum atomic E-state index is 0.776. The van der Waals surface area contributed by atoms with Gasteiger partial charge in [-0.3, -0.25) is 9.38 Å². The number of thioether (sulfide) groups is 1. The Balaban J connectivity index is 1.67. The summed E-state index contributed by atoms with van der Waals surface area (Å²) in [5.74, 6) is 2.39. The van der Waals surface area contributed by atoms with Gasteiger partial charge < -0.3 is 4.74 Å². The van der Waals surface area contributed by atoms with Gasteiger partial charge in [-0.25, -0.2) is 4.98 Å². The molecular weight excluding hydrogens is 382 g/mol. The zero-order valence-electron chi connectivity index (χ0n) is 15.7. The van der Waals surface area contributed by atoms with Crippen LogP contribution < -0.4 is 4.74 Å².